The van der Waals surface area contributed by atoms with Crippen LogP contribution in [0.25, 0.3) is 0 Å². The van der Waals surface area contributed by atoms with Gasteiger partial charge in [-0.2, -0.15) is 13.2 Å². The van der Waals surface area contributed by atoms with Gasteiger partial charge in [0.15, 0.2) is 11.8 Å². The molecule has 2 atom stereocenters. The molecule has 1 heterocycles. The van der Waals surface area contributed by atoms with Gasteiger partial charge in [0.05, 0.1) is 18.9 Å². The Balaban J connectivity index is 1.95. The second-order valence-corrected chi connectivity index (χ2v) is 5.39. The molecule has 7 heteroatoms. The van der Waals surface area contributed by atoms with E-state index in [9.17, 15) is 18.0 Å². The van der Waals surface area contributed by atoms with E-state index in [2.05, 4.69) is 5.32 Å². The molecule has 1 unspecified atom stereocenters. The summed E-state index contributed by atoms with van der Waals surface area (Å²) in [5.41, 5.74) is -0.412. The minimum Gasteiger partial charge on any atom is -0.463 e. The van der Waals surface area contributed by atoms with Gasteiger partial charge in [-0.1, -0.05) is 0 Å². The Bertz CT molecular complexity index is 636. The zero-order valence-corrected chi connectivity index (χ0v) is 12.8. The molecule has 0 saturated carbocycles. The number of rotatable bonds is 5. The van der Waals surface area contributed by atoms with E-state index < -0.39 is 11.7 Å². The van der Waals surface area contributed by atoms with Crippen LogP contribution in [0.1, 0.15) is 18.2 Å². The molecule has 0 spiro atoms. The van der Waals surface area contributed by atoms with E-state index in [0.29, 0.717) is 12.2 Å². The van der Waals surface area contributed by atoms with E-state index in [4.69, 9.17) is 4.42 Å². The lowest BCUT2D eigenvalue weighted by Crippen LogP contribution is -3.12. The van der Waals surface area contributed by atoms with Crippen molar-refractivity contribution in [1.82, 2.24) is 0 Å². The van der Waals surface area contributed by atoms with Crippen molar-refractivity contribution in [3.8, 4) is 0 Å². The molecule has 1 aromatic heterocycles. The summed E-state index contributed by atoms with van der Waals surface area (Å²) in [5, 5.41) is 2.62. The Morgan fingerprint density at radius 3 is 2.43 bits per heavy atom. The maximum absolute atomic E-state index is 12.5. The molecule has 0 aliphatic rings. The van der Waals surface area contributed by atoms with Gasteiger partial charge in [0.2, 0.25) is 0 Å². The van der Waals surface area contributed by atoms with Crippen LogP contribution in [0.2, 0.25) is 0 Å². The van der Waals surface area contributed by atoms with Crippen molar-refractivity contribution in [3.63, 3.8) is 0 Å². The zero-order valence-electron chi connectivity index (χ0n) is 12.8. The molecule has 2 rings (SSSR count). The van der Waals surface area contributed by atoms with Gasteiger partial charge in [0.25, 0.3) is 5.91 Å². The second kappa shape index (κ2) is 6.87. The van der Waals surface area contributed by atoms with E-state index in [0.717, 1.165) is 22.8 Å². The Morgan fingerprint density at radius 1 is 1.26 bits per heavy atom. The highest BCUT2D eigenvalue weighted by atomic mass is 19.4. The van der Waals surface area contributed by atoms with E-state index in [-0.39, 0.29) is 11.9 Å². The lowest BCUT2D eigenvalue weighted by molar-refractivity contribution is -0.908. The number of carbonyl (C=O) groups is 1. The Kier molecular flexibility index (Phi) is 5.10. The zero-order chi connectivity index (χ0) is 17.0. The highest BCUT2D eigenvalue weighted by Crippen LogP contribution is 2.29. The number of quaternary nitrogens is 1. The molecule has 0 bridgehead atoms. The molecule has 1 amide bonds. The summed E-state index contributed by atoms with van der Waals surface area (Å²) in [6.07, 6.45) is -2.82. The molecule has 4 nitrogen and oxygen atoms in total. The number of halogens is 3. The molecule has 0 aliphatic heterocycles. The van der Waals surface area contributed by atoms with Crippen molar-refractivity contribution < 1.29 is 27.3 Å². The van der Waals surface area contributed by atoms with Gasteiger partial charge in [-0.05, 0) is 43.3 Å². The third-order valence-electron chi connectivity index (χ3n) is 3.65. The maximum atomic E-state index is 12.5. The summed E-state index contributed by atoms with van der Waals surface area (Å²) in [6.45, 7) is 2.28. The number of likely N-dealkylation sites (N-methyl/N-ethyl adjacent to an activating group) is 1. The lowest BCUT2D eigenvalue weighted by Gasteiger charge is -2.20. The number of nitrogens with one attached hydrogen (secondary N) is 2. The van der Waals surface area contributed by atoms with E-state index in [1.165, 1.54) is 12.1 Å². The molecule has 1 aromatic carbocycles. The van der Waals surface area contributed by atoms with Gasteiger partial charge in [0.1, 0.15) is 6.54 Å². The molecule has 2 aromatic rings. The SMILES string of the molecule is C[C@H](C(=O)Nc1ccc(C(F)(F)F)cc1)[NH+](C)Cc1ccco1. The maximum Gasteiger partial charge on any atom is 0.416 e. The number of hydrogen-bond acceptors (Lipinski definition) is 2. The van der Waals surface area contributed by atoms with Gasteiger partial charge in [-0.3, -0.25) is 4.79 Å². The summed E-state index contributed by atoms with van der Waals surface area (Å²) in [7, 11) is 1.85. The Labute approximate surface area is 131 Å². The minimum absolute atomic E-state index is 0.270. The fourth-order valence-corrected chi connectivity index (χ4v) is 2.06. The molecule has 0 saturated heterocycles. The third-order valence-corrected chi connectivity index (χ3v) is 3.65. The van der Waals surface area contributed by atoms with Gasteiger partial charge in [0, 0.05) is 5.69 Å². The summed E-state index contributed by atoms with van der Waals surface area (Å²) in [5.74, 6) is 0.491. The van der Waals surface area contributed by atoms with E-state index in [1.807, 2.05) is 13.1 Å². The van der Waals surface area contributed by atoms with Gasteiger partial charge >= 0.3 is 6.18 Å². The van der Waals surface area contributed by atoms with Crippen molar-refractivity contribution in [2.24, 2.45) is 0 Å². The first-order valence-electron chi connectivity index (χ1n) is 7.10. The molecule has 0 fully saturated rings. The van der Waals surface area contributed by atoms with Crippen LogP contribution in [0.4, 0.5) is 18.9 Å². The number of alkyl halides is 3. The third kappa shape index (κ3) is 4.59. The van der Waals surface area contributed by atoms with Gasteiger partial charge in [-0.15, -0.1) is 0 Å². The predicted molar refractivity (Wildman–Crippen MR) is 78.8 cm³/mol. The molecule has 2 N–H and O–H groups in total. The second-order valence-electron chi connectivity index (χ2n) is 5.39. The number of amides is 1. The molecular weight excluding hydrogens is 309 g/mol. The summed E-state index contributed by atoms with van der Waals surface area (Å²) >= 11 is 0. The number of hydrogen-bond donors (Lipinski definition) is 2. The fraction of sp³-hybridized carbons (Fsp3) is 0.312. The first-order valence-corrected chi connectivity index (χ1v) is 7.10. The molecule has 23 heavy (non-hydrogen) atoms. The number of benzene rings is 1. The van der Waals surface area contributed by atoms with Crippen LogP contribution in [-0.2, 0) is 17.5 Å². The van der Waals surface area contributed by atoms with Gasteiger partial charge in [-0.25, -0.2) is 0 Å². The van der Waals surface area contributed by atoms with E-state index in [1.54, 1.807) is 19.3 Å². The van der Waals surface area contributed by atoms with Crippen LogP contribution < -0.4 is 10.2 Å². The predicted octanol–water partition coefficient (Wildman–Crippen LogP) is 2.34. The van der Waals surface area contributed by atoms with Crippen molar-refractivity contribution >= 4 is 11.6 Å². The number of furan rings is 1. The summed E-state index contributed by atoms with van der Waals surface area (Å²) in [4.78, 5) is 13.1. The monoisotopic (exact) mass is 327 g/mol. The van der Waals surface area contributed by atoms with Crippen molar-refractivity contribution in [2.75, 3.05) is 12.4 Å². The first-order chi connectivity index (χ1) is 10.8. The average molecular weight is 327 g/mol. The van der Waals surface area contributed by atoms with E-state index >= 15 is 0 Å². The Morgan fingerprint density at radius 2 is 1.91 bits per heavy atom. The molecule has 124 valence electrons. The molecule has 0 aliphatic carbocycles. The Hall–Kier alpha value is -2.28. The number of anilines is 1. The fourth-order valence-electron chi connectivity index (χ4n) is 2.06. The van der Waals surface area contributed by atoms with Crippen LogP contribution in [0, 0.1) is 0 Å². The highest BCUT2D eigenvalue weighted by Gasteiger charge is 2.30. The van der Waals surface area contributed by atoms with Crippen LogP contribution >= 0.6 is 0 Å². The van der Waals surface area contributed by atoms with Crippen LogP contribution in [0.15, 0.2) is 47.1 Å². The summed E-state index contributed by atoms with van der Waals surface area (Å²) in [6, 6.07) is 7.59. The minimum atomic E-state index is -4.39. The highest BCUT2D eigenvalue weighted by molar-refractivity contribution is 5.93. The van der Waals surface area contributed by atoms with Crippen molar-refractivity contribution in [2.45, 2.75) is 25.7 Å². The van der Waals surface area contributed by atoms with Crippen LogP contribution in [0.3, 0.4) is 0 Å². The lowest BCUT2D eigenvalue weighted by atomic mass is 10.2. The largest absolute Gasteiger partial charge is 0.463 e. The van der Waals surface area contributed by atoms with Crippen molar-refractivity contribution in [3.05, 3.63) is 54.0 Å². The summed E-state index contributed by atoms with van der Waals surface area (Å²) < 4.78 is 42.7. The topological polar surface area (TPSA) is 46.7 Å². The number of carbonyl (C=O) groups excluding carboxylic acids is 1. The smallest absolute Gasteiger partial charge is 0.416 e. The average Bonchev–Trinajstić information content (AvgIpc) is 2.98. The molecular formula is C16H18F3N2O2+. The van der Waals surface area contributed by atoms with Crippen LogP contribution in [-0.4, -0.2) is 19.0 Å². The van der Waals surface area contributed by atoms with Crippen molar-refractivity contribution in [1.29, 1.82) is 0 Å². The normalized spacial score (nSPS) is 14.3. The first kappa shape index (κ1) is 17.1. The van der Waals surface area contributed by atoms with Crippen LogP contribution in [0.5, 0.6) is 0 Å². The van der Waals surface area contributed by atoms with Gasteiger partial charge < -0.3 is 14.6 Å². The standard InChI is InChI=1S/C16H17F3N2O2/c1-11(21(2)10-14-4-3-9-23-14)15(22)20-13-7-5-12(6-8-13)16(17,18)19/h3-9,11H,10H2,1-2H3,(H,20,22)/p+1/t11-/m1/s1. The quantitative estimate of drug-likeness (QED) is 0.885. The molecule has 0 radical (unpaired) electrons.